The molecule has 14 nitrogen and oxygen atoms in total. The van der Waals surface area contributed by atoms with Gasteiger partial charge in [-0.05, 0) is 92.8 Å². The van der Waals surface area contributed by atoms with Crippen molar-refractivity contribution in [3.8, 4) is 5.75 Å². The second kappa shape index (κ2) is 19.3. The van der Waals surface area contributed by atoms with Crippen LogP contribution < -0.4 is 19.8 Å². The van der Waals surface area contributed by atoms with Crippen LogP contribution >= 0.6 is 18.9 Å². The number of benzene rings is 2. The van der Waals surface area contributed by atoms with Crippen LogP contribution in [0.2, 0.25) is 0 Å². The molecule has 4 fully saturated rings. The molecule has 4 aliphatic heterocycles. The van der Waals surface area contributed by atoms with Gasteiger partial charge in [0.2, 0.25) is 11.8 Å². The molecule has 3 amide bonds. The van der Waals surface area contributed by atoms with Gasteiger partial charge < -0.3 is 34.0 Å². The number of amides is 3. The van der Waals surface area contributed by atoms with E-state index in [1.807, 2.05) is 53.4 Å². The van der Waals surface area contributed by atoms with E-state index < -0.39 is 31.5 Å². The minimum Gasteiger partial charge on any atom is -0.465 e. The molecule has 16 heteroatoms. The van der Waals surface area contributed by atoms with Crippen molar-refractivity contribution in [1.82, 2.24) is 25.2 Å². The second-order valence-electron chi connectivity index (χ2n) is 17.0. The normalized spacial score (nSPS) is 22.8. The molecule has 2 aromatic carbocycles. The Morgan fingerprint density at radius 1 is 1.02 bits per heavy atom. The summed E-state index contributed by atoms with van der Waals surface area (Å²) in [7, 11) is -1.94. The lowest BCUT2D eigenvalue weighted by atomic mass is 9.88. The number of methoxy groups -OCH3 is 1. The fourth-order valence-corrected chi connectivity index (χ4v) is 12.3. The van der Waals surface area contributed by atoms with Crippen molar-refractivity contribution in [2.45, 2.75) is 95.0 Å². The van der Waals surface area contributed by atoms with Crippen molar-refractivity contribution in [1.29, 1.82) is 0 Å². The number of nitrogens with zero attached hydrogens (tertiary/aromatic N) is 4. The molecule has 0 bridgehead atoms. The van der Waals surface area contributed by atoms with Crippen LogP contribution in [-0.2, 0) is 34.6 Å². The molecule has 8 rings (SSSR count). The van der Waals surface area contributed by atoms with Gasteiger partial charge in [-0.1, -0.05) is 37.6 Å². The quantitative estimate of drug-likeness (QED) is 0.0855. The van der Waals surface area contributed by atoms with E-state index >= 15 is 0 Å². The van der Waals surface area contributed by atoms with Crippen LogP contribution in [0, 0.1) is 5.92 Å². The molecule has 6 atom stereocenters. The van der Waals surface area contributed by atoms with Gasteiger partial charge >= 0.3 is 13.5 Å². The van der Waals surface area contributed by atoms with Crippen LogP contribution in [0.15, 0.2) is 73.1 Å². The number of hydrogen-bond donors (Lipinski definition) is 2. The van der Waals surface area contributed by atoms with E-state index in [0.717, 1.165) is 47.9 Å². The van der Waals surface area contributed by atoms with Crippen LogP contribution in [0.4, 0.5) is 5.69 Å². The maximum Gasteiger partial charge on any atom is 0.323 e. The van der Waals surface area contributed by atoms with Crippen molar-refractivity contribution < 1.29 is 37.7 Å². The van der Waals surface area contributed by atoms with Gasteiger partial charge in [-0.3, -0.25) is 28.7 Å². The molecule has 4 saturated heterocycles. The molecule has 2 unspecified atom stereocenters. The van der Waals surface area contributed by atoms with Gasteiger partial charge in [-0.15, -0.1) is 11.3 Å². The summed E-state index contributed by atoms with van der Waals surface area (Å²) in [6, 6.07) is 17.3. The summed E-state index contributed by atoms with van der Waals surface area (Å²) >= 11 is 1.34. The Morgan fingerprint density at radius 3 is 2.60 bits per heavy atom. The number of aromatic nitrogens is 1. The third kappa shape index (κ3) is 9.56. The fraction of sp³-hybridized carbons (Fsp3) is 0.500. The lowest BCUT2D eigenvalue weighted by molar-refractivity contribution is -0.149. The number of ether oxygens (including phenoxy) is 2. The predicted octanol–water partition coefficient (Wildman–Crippen LogP) is 6.74. The fourth-order valence-electron chi connectivity index (χ4n) is 9.31. The molecule has 0 spiro atoms. The first kappa shape index (κ1) is 43.8. The summed E-state index contributed by atoms with van der Waals surface area (Å²) in [5.41, 5.74) is 3.03. The first-order valence-electron chi connectivity index (χ1n) is 21.9. The van der Waals surface area contributed by atoms with E-state index in [4.69, 9.17) is 14.0 Å². The molecule has 0 saturated carbocycles. The Kier molecular flexibility index (Phi) is 13.6. The van der Waals surface area contributed by atoms with Crippen LogP contribution in [0.5, 0.6) is 5.75 Å². The SMILES string of the molecule is CCCOC(=O)[C@H](C)NP(=O)(Cc1ccc2sc(C(=O)NCC3CCC[C@H]4CC[C@@H](C(=O)N5CC(c6cnccc6N6CC[C@H]6COC)C5)N4C3=O)cc2c1)Oc1ccccc1. The number of para-hydroxylation sites is 1. The number of rotatable bonds is 17. The van der Waals surface area contributed by atoms with Gasteiger partial charge in [0.05, 0.1) is 36.2 Å². The average Bonchev–Trinajstić information content (AvgIpc) is 3.83. The highest BCUT2D eigenvalue weighted by Crippen LogP contribution is 2.48. The van der Waals surface area contributed by atoms with Gasteiger partial charge in [0.1, 0.15) is 17.8 Å². The topological polar surface area (TPSA) is 160 Å². The number of likely N-dealkylation sites (tertiary alicyclic amines) is 1. The minimum absolute atomic E-state index is 0.0103. The Morgan fingerprint density at radius 2 is 1.84 bits per heavy atom. The molecular weight excluding hydrogens is 828 g/mol. The molecule has 2 N–H and O–H groups in total. The van der Waals surface area contributed by atoms with E-state index in [0.29, 0.717) is 61.2 Å². The third-order valence-electron chi connectivity index (χ3n) is 12.6. The van der Waals surface area contributed by atoms with Gasteiger partial charge in [0.15, 0.2) is 0 Å². The summed E-state index contributed by atoms with van der Waals surface area (Å²) in [4.78, 5) is 65.6. The van der Waals surface area contributed by atoms with E-state index in [9.17, 15) is 23.7 Å². The number of hydrogen-bond acceptors (Lipinski definition) is 11. The van der Waals surface area contributed by atoms with E-state index in [2.05, 4.69) is 26.4 Å². The van der Waals surface area contributed by atoms with E-state index in [1.165, 1.54) is 17.0 Å². The zero-order valence-corrected chi connectivity index (χ0v) is 37.4. The highest BCUT2D eigenvalue weighted by atomic mass is 32.1. The number of carbonyl (C=O) groups excluding carboxylic acids is 4. The molecule has 4 aromatic rings. The highest BCUT2D eigenvalue weighted by Gasteiger charge is 2.48. The summed E-state index contributed by atoms with van der Waals surface area (Å²) in [6.45, 7) is 6.82. The van der Waals surface area contributed by atoms with Crippen molar-refractivity contribution in [2.24, 2.45) is 5.92 Å². The van der Waals surface area contributed by atoms with Crippen LogP contribution in [-0.4, -0.2) is 109 Å². The summed E-state index contributed by atoms with van der Waals surface area (Å²) < 4.78 is 31.9. The average molecular weight is 885 g/mol. The zero-order chi connectivity index (χ0) is 43.4. The van der Waals surface area contributed by atoms with Gasteiger partial charge in [0.25, 0.3) is 5.91 Å². The lowest BCUT2D eigenvalue weighted by Gasteiger charge is -2.47. The van der Waals surface area contributed by atoms with Crippen molar-refractivity contribution in [2.75, 3.05) is 51.4 Å². The number of carbonyl (C=O) groups is 4. The number of pyridine rings is 1. The van der Waals surface area contributed by atoms with E-state index in [-0.39, 0.29) is 49.0 Å². The van der Waals surface area contributed by atoms with Crippen LogP contribution in [0.25, 0.3) is 10.1 Å². The molecule has 62 heavy (non-hydrogen) atoms. The molecular formula is C46H57N6O8PS. The highest BCUT2D eigenvalue weighted by molar-refractivity contribution is 7.56. The van der Waals surface area contributed by atoms with E-state index in [1.54, 1.807) is 44.4 Å². The molecule has 0 radical (unpaired) electrons. The smallest absolute Gasteiger partial charge is 0.323 e. The van der Waals surface area contributed by atoms with Crippen LogP contribution in [0.3, 0.4) is 0 Å². The molecule has 4 aliphatic rings. The second-order valence-corrected chi connectivity index (χ2v) is 20.2. The molecule has 6 heterocycles. The minimum atomic E-state index is -3.67. The summed E-state index contributed by atoms with van der Waals surface area (Å²) in [5.74, 6) is -0.657. The Labute approximate surface area is 367 Å². The Bertz CT molecular complexity index is 2300. The Hall–Kier alpha value is -4.82. The summed E-state index contributed by atoms with van der Waals surface area (Å²) in [5, 5.41) is 6.76. The zero-order valence-electron chi connectivity index (χ0n) is 35.7. The standard InChI is InChI=1S/C46H57N6O8PS/c1-4-21-59-46(56)30(2)49-61(57,60-37-11-6-5-7-12-37)29-31-13-16-41-33(22-31)23-42(62-41)43(53)48-24-32-9-8-10-35-14-15-40(52(35)44(32)54)45(55)50-26-34(27-50)38-25-47-19-17-39(38)51-20-18-36(51)28-58-3/h5-7,11-13,16-17,19,22-23,25,30,32,34-36,40H,4,8-10,14-15,18,20-21,24,26-29H2,1-3H3,(H,48,53)(H,49,57)/t30-,32?,35-,36-,40-,61?/m0/s1. The maximum absolute atomic E-state index is 14.3. The third-order valence-corrected chi connectivity index (χ3v) is 15.8. The molecule has 2 aromatic heterocycles. The molecule has 330 valence electrons. The van der Waals surface area contributed by atoms with Gasteiger partial charge in [0, 0.05) is 73.6 Å². The van der Waals surface area contributed by atoms with Crippen LogP contribution in [0.1, 0.15) is 85.5 Å². The number of fused-ring (bicyclic) bond motifs is 2. The predicted molar refractivity (Wildman–Crippen MR) is 239 cm³/mol. The van der Waals surface area contributed by atoms with Crippen molar-refractivity contribution in [3.63, 3.8) is 0 Å². The monoisotopic (exact) mass is 884 g/mol. The number of anilines is 1. The molecule has 0 aliphatic carbocycles. The number of esters is 1. The van der Waals surface area contributed by atoms with Gasteiger partial charge in [-0.25, -0.2) is 5.09 Å². The van der Waals surface area contributed by atoms with Crippen molar-refractivity contribution >= 4 is 58.3 Å². The lowest BCUT2D eigenvalue weighted by Crippen LogP contribution is -2.57. The number of thiophene rings is 1. The maximum atomic E-state index is 14.3. The largest absolute Gasteiger partial charge is 0.465 e. The number of nitrogens with one attached hydrogen (secondary N) is 2. The Balaban J connectivity index is 0.887. The first-order valence-corrected chi connectivity index (χ1v) is 24.6. The first-order chi connectivity index (χ1) is 30.0. The van der Waals surface area contributed by atoms with Crippen molar-refractivity contribution in [3.05, 3.63) is 89.1 Å². The summed E-state index contributed by atoms with van der Waals surface area (Å²) in [6.07, 6.45) is 9.31. The van der Waals surface area contributed by atoms with Gasteiger partial charge in [-0.2, -0.15) is 0 Å².